The third kappa shape index (κ3) is 4.83. The highest BCUT2D eigenvalue weighted by Crippen LogP contribution is 2.21. The van der Waals surface area contributed by atoms with Crippen molar-refractivity contribution in [2.45, 2.75) is 19.9 Å². The van der Waals surface area contributed by atoms with Gasteiger partial charge in [0.1, 0.15) is 5.82 Å². The van der Waals surface area contributed by atoms with Crippen molar-refractivity contribution < 1.29 is 13.9 Å². The normalized spacial score (nSPS) is 12.9. The topological polar surface area (TPSA) is 29.5 Å². The largest absolute Gasteiger partial charge is 0.463 e. The third-order valence-corrected chi connectivity index (χ3v) is 2.95. The van der Waals surface area contributed by atoms with E-state index in [1.165, 1.54) is 12.1 Å². The molecule has 104 valence electrons. The van der Waals surface area contributed by atoms with E-state index in [1.807, 2.05) is 24.9 Å². The van der Waals surface area contributed by atoms with E-state index in [-0.39, 0.29) is 17.8 Å². The quantitative estimate of drug-likeness (QED) is 0.585. The maximum atomic E-state index is 13.6. The summed E-state index contributed by atoms with van der Waals surface area (Å²) >= 11 is 0. The van der Waals surface area contributed by atoms with Gasteiger partial charge < -0.3 is 4.74 Å². The number of rotatable bonds is 6. The van der Waals surface area contributed by atoms with Crippen LogP contribution in [0.1, 0.15) is 25.5 Å². The van der Waals surface area contributed by atoms with E-state index >= 15 is 0 Å². The highest BCUT2D eigenvalue weighted by molar-refractivity contribution is 5.81. The Hall–Kier alpha value is -1.68. The summed E-state index contributed by atoms with van der Waals surface area (Å²) in [7, 11) is 1.88. The van der Waals surface area contributed by atoms with Gasteiger partial charge in [-0.25, -0.2) is 9.18 Å². The van der Waals surface area contributed by atoms with Gasteiger partial charge >= 0.3 is 5.97 Å². The molecule has 0 spiro atoms. The van der Waals surface area contributed by atoms with Crippen LogP contribution < -0.4 is 0 Å². The lowest BCUT2D eigenvalue weighted by Crippen LogP contribution is -2.23. The smallest absolute Gasteiger partial charge is 0.330 e. The maximum Gasteiger partial charge on any atom is 0.330 e. The SMILES string of the molecule is CCOC(=O)/C=C/CN(C)C(C)c1ccccc1F. The second-order valence-corrected chi connectivity index (χ2v) is 4.29. The van der Waals surface area contributed by atoms with Crippen LogP contribution in [0.15, 0.2) is 36.4 Å². The molecule has 0 amide bonds. The van der Waals surface area contributed by atoms with Gasteiger partial charge in [-0.15, -0.1) is 0 Å². The van der Waals surface area contributed by atoms with Crippen LogP contribution in [0.2, 0.25) is 0 Å². The summed E-state index contributed by atoms with van der Waals surface area (Å²) in [5.41, 5.74) is 0.648. The van der Waals surface area contributed by atoms with Gasteiger partial charge in [-0.2, -0.15) is 0 Å². The van der Waals surface area contributed by atoms with Crippen LogP contribution >= 0.6 is 0 Å². The second kappa shape index (κ2) is 7.69. The average molecular weight is 265 g/mol. The summed E-state index contributed by atoms with van der Waals surface area (Å²) < 4.78 is 18.4. The van der Waals surface area contributed by atoms with Crippen LogP contribution in [0, 0.1) is 5.82 Å². The third-order valence-electron chi connectivity index (χ3n) is 2.95. The molecule has 0 aromatic heterocycles. The van der Waals surface area contributed by atoms with E-state index in [9.17, 15) is 9.18 Å². The average Bonchev–Trinajstić information content (AvgIpc) is 2.38. The van der Waals surface area contributed by atoms with Gasteiger partial charge in [-0.05, 0) is 27.0 Å². The Morgan fingerprint density at radius 3 is 2.79 bits per heavy atom. The molecule has 4 heteroatoms. The number of carbonyl (C=O) groups excluding carboxylic acids is 1. The fraction of sp³-hybridized carbons (Fsp3) is 0.400. The molecule has 0 fully saturated rings. The maximum absolute atomic E-state index is 13.6. The van der Waals surface area contributed by atoms with Crippen molar-refractivity contribution in [3.63, 3.8) is 0 Å². The number of carbonyl (C=O) groups is 1. The molecule has 0 saturated carbocycles. The van der Waals surface area contributed by atoms with Gasteiger partial charge in [-0.3, -0.25) is 4.90 Å². The van der Waals surface area contributed by atoms with Crippen LogP contribution in [0.25, 0.3) is 0 Å². The molecule has 0 aliphatic rings. The lowest BCUT2D eigenvalue weighted by Gasteiger charge is -2.23. The first-order chi connectivity index (χ1) is 9.06. The van der Waals surface area contributed by atoms with Crippen LogP contribution in [-0.2, 0) is 9.53 Å². The fourth-order valence-electron chi connectivity index (χ4n) is 1.72. The van der Waals surface area contributed by atoms with E-state index in [0.717, 1.165) is 0 Å². The predicted molar refractivity (Wildman–Crippen MR) is 73.2 cm³/mol. The lowest BCUT2D eigenvalue weighted by atomic mass is 10.1. The van der Waals surface area contributed by atoms with Gasteiger partial charge in [0.25, 0.3) is 0 Å². The van der Waals surface area contributed by atoms with E-state index in [4.69, 9.17) is 4.74 Å². The molecule has 1 aromatic carbocycles. The molecule has 0 saturated heterocycles. The first-order valence-corrected chi connectivity index (χ1v) is 6.34. The number of hydrogen-bond donors (Lipinski definition) is 0. The van der Waals surface area contributed by atoms with E-state index in [1.54, 1.807) is 25.1 Å². The highest BCUT2D eigenvalue weighted by Gasteiger charge is 2.13. The van der Waals surface area contributed by atoms with Crippen molar-refractivity contribution >= 4 is 5.97 Å². The number of nitrogens with zero attached hydrogens (tertiary/aromatic N) is 1. The molecule has 19 heavy (non-hydrogen) atoms. The minimum absolute atomic E-state index is 0.0620. The van der Waals surface area contributed by atoms with Crippen LogP contribution in [0.5, 0.6) is 0 Å². The molecule has 1 atom stereocenters. The van der Waals surface area contributed by atoms with Gasteiger partial charge in [0, 0.05) is 24.2 Å². The minimum Gasteiger partial charge on any atom is -0.463 e. The van der Waals surface area contributed by atoms with Gasteiger partial charge in [0.05, 0.1) is 6.61 Å². The molecule has 1 rings (SSSR count). The number of ether oxygens (including phenoxy) is 1. The molecule has 0 aliphatic heterocycles. The zero-order chi connectivity index (χ0) is 14.3. The Morgan fingerprint density at radius 2 is 2.16 bits per heavy atom. The number of esters is 1. The van der Waals surface area contributed by atoms with Gasteiger partial charge in [0.2, 0.25) is 0 Å². The first kappa shape index (κ1) is 15.4. The number of benzene rings is 1. The van der Waals surface area contributed by atoms with Crippen molar-refractivity contribution in [3.05, 3.63) is 47.8 Å². The van der Waals surface area contributed by atoms with Crippen LogP contribution in [-0.4, -0.2) is 31.1 Å². The van der Waals surface area contributed by atoms with Crippen molar-refractivity contribution in [1.29, 1.82) is 0 Å². The highest BCUT2D eigenvalue weighted by atomic mass is 19.1. The molecular weight excluding hydrogens is 245 g/mol. The Kier molecular flexibility index (Phi) is 6.22. The standard InChI is InChI=1S/C15H20FNO2/c1-4-19-15(18)10-7-11-17(3)12(2)13-8-5-6-9-14(13)16/h5-10,12H,4,11H2,1-3H3/b10-7+. The van der Waals surface area contributed by atoms with Gasteiger partial charge in [0.15, 0.2) is 0 Å². The second-order valence-electron chi connectivity index (χ2n) is 4.29. The Labute approximate surface area is 113 Å². The predicted octanol–water partition coefficient (Wildman–Crippen LogP) is 2.94. The summed E-state index contributed by atoms with van der Waals surface area (Å²) in [4.78, 5) is 13.1. The van der Waals surface area contributed by atoms with Crippen LogP contribution in [0.3, 0.4) is 0 Å². The first-order valence-electron chi connectivity index (χ1n) is 6.34. The molecule has 1 unspecified atom stereocenters. The molecule has 0 bridgehead atoms. The number of likely N-dealkylation sites (N-methyl/N-ethyl adjacent to an activating group) is 1. The zero-order valence-electron chi connectivity index (χ0n) is 11.6. The molecule has 0 aliphatic carbocycles. The number of hydrogen-bond acceptors (Lipinski definition) is 3. The molecule has 0 heterocycles. The Balaban J connectivity index is 2.56. The monoisotopic (exact) mass is 265 g/mol. The van der Waals surface area contributed by atoms with Crippen molar-refractivity contribution in [3.8, 4) is 0 Å². The molecular formula is C15H20FNO2. The van der Waals surface area contributed by atoms with E-state index < -0.39 is 0 Å². The molecule has 0 N–H and O–H groups in total. The van der Waals surface area contributed by atoms with E-state index in [2.05, 4.69) is 0 Å². The van der Waals surface area contributed by atoms with Crippen molar-refractivity contribution in [1.82, 2.24) is 4.90 Å². The van der Waals surface area contributed by atoms with Crippen molar-refractivity contribution in [2.75, 3.05) is 20.2 Å². The molecule has 0 radical (unpaired) electrons. The molecule has 3 nitrogen and oxygen atoms in total. The number of halogens is 1. The summed E-state index contributed by atoms with van der Waals surface area (Å²) in [6.07, 6.45) is 3.11. The fourth-order valence-corrected chi connectivity index (χ4v) is 1.72. The van der Waals surface area contributed by atoms with E-state index in [0.29, 0.717) is 18.7 Å². The van der Waals surface area contributed by atoms with Crippen molar-refractivity contribution in [2.24, 2.45) is 0 Å². The summed E-state index contributed by atoms with van der Waals surface area (Å²) in [6.45, 7) is 4.60. The summed E-state index contributed by atoms with van der Waals surface area (Å²) in [5, 5.41) is 0. The Morgan fingerprint density at radius 1 is 1.47 bits per heavy atom. The molecule has 1 aromatic rings. The zero-order valence-corrected chi connectivity index (χ0v) is 11.6. The van der Waals surface area contributed by atoms with Crippen LogP contribution in [0.4, 0.5) is 4.39 Å². The Bertz CT molecular complexity index is 446. The summed E-state index contributed by atoms with van der Waals surface area (Å²) in [6, 6.07) is 6.65. The lowest BCUT2D eigenvalue weighted by molar-refractivity contribution is -0.137. The minimum atomic E-state index is -0.352. The van der Waals surface area contributed by atoms with Gasteiger partial charge in [-0.1, -0.05) is 24.3 Å². The summed E-state index contributed by atoms with van der Waals surface area (Å²) in [5.74, 6) is -0.564.